The van der Waals surface area contributed by atoms with E-state index in [2.05, 4.69) is 15.9 Å². The van der Waals surface area contributed by atoms with Crippen molar-refractivity contribution in [2.75, 3.05) is 7.05 Å². The Hall–Kier alpha value is -1.75. The van der Waals surface area contributed by atoms with E-state index in [-0.39, 0.29) is 11.4 Å². The van der Waals surface area contributed by atoms with Gasteiger partial charge in [0.15, 0.2) is 0 Å². The zero-order valence-corrected chi connectivity index (χ0v) is 14.0. The van der Waals surface area contributed by atoms with Gasteiger partial charge in [0.05, 0.1) is 11.6 Å². The van der Waals surface area contributed by atoms with Gasteiger partial charge in [-0.2, -0.15) is 9.57 Å². The smallest absolute Gasteiger partial charge is 0.207 e. The average Bonchev–Trinajstić information content (AvgIpc) is 2.49. The van der Waals surface area contributed by atoms with E-state index in [9.17, 15) is 12.8 Å². The van der Waals surface area contributed by atoms with Crippen LogP contribution in [0.3, 0.4) is 0 Å². The Morgan fingerprint density at radius 2 is 2.00 bits per heavy atom. The van der Waals surface area contributed by atoms with Crippen molar-refractivity contribution in [3.63, 3.8) is 0 Å². The van der Waals surface area contributed by atoms with Gasteiger partial charge in [-0.1, -0.05) is 28.1 Å². The van der Waals surface area contributed by atoms with Crippen LogP contribution in [0.2, 0.25) is 0 Å². The number of nitriles is 1. The van der Waals surface area contributed by atoms with E-state index in [1.807, 2.05) is 6.07 Å². The Kier molecular flexibility index (Phi) is 4.96. The van der Waals surface area contributed by atoms with Crippen molar-refractivity contribution in [3.8, 4) is 6.07 Å². The highest BCUT2D eigenvalue weighted by atomic mass is 79.9. The van der Waals surface area contributed by atoms with Crippen molar-refractivity contribution in [2.24, 2.45) is 0 Å². The molecule has 0 aromatic heterocycles. The van der Waals surface area contributed by atoms with E-state index >= 15 is 0 Å². The molecule has 0 N–H and O–H groups in total. The quantitative estimate of drug-likeness (QED) is 0.814. The summed E-state index contributed by atoms with van der Waals surface area (Å²) in [6.07, 6.45) is 0. The molecule has 0 saturated heterocycles. The molecule has 114 valence electrons. The molecule has 0 spiro atoms. The molecule has 7 heteroatoms. The second kappa shape index (κ2) is 6.57. The third kappa shape index (κ3) is 3.53. The van der Waals surface area contributed by atoms with Crippen LogP contribution >= 0.6 is 15.9 Å². The summed E-state index contributed by atoms with van der Waals surface area (Å²) in [5.74, 6) is -0.805. The highest BCUT2D eigenvalue weighted by molar-refractivity contribution is 9.10. The third-order valence-electron chi connectivity index (χ3n) is 3.04. The van der Waals surface area contributed by atoms with Crippen molar-refractivity contribution in [2.45, 2.75) is 11.4 Å². The first kappa shape index (κ1) is 16.6. The van der Waals surface area contributed by atoms with E-state index in [4.69, 9.17) is 5.26 Å². The molecular formula is C15H12BrFN2O2S. The van der Waals surface area contributed by atoms with Crippen LogP contribution in [0.5, 0.6) is 0 Å². The van der Waals surface area contributed by atoms with Crippen LogP contribution in [-0.2, 0) is 16.6 Å². The monoisotopic (exact) mass is 382 g/mol. The summed E-state index contributed by atoms with van der Waals surface area (Å²) in [4.78, 5) is -0.388. The standard InChI is InChI=1S/C15H12BrFN2O2S/c1-19(10-12-4-2-3-11(7-12)9-18)22(20,21)15-8-13(16)5-6-14(15)17/h2-8H,10H2,1H3. The maximum Gasteiger partial charge on any atom is 0.246 e. The number of halogens is 2. The lowest BCUT2D eigenvalue weighted by Crippen LogP contribution is -2.27. The molecule has 0 aliphatic rings. The molecule has 2 aromatic rings. The Labute approximate surface area is 137 Å². The topological polar surface area (TPSA) is 61.2 Å². The minimum Gasteiger partial charge on any atom is -0.207 e. The van der Waals surface area contributed by atoms with Gasteiger partial charge < -0.3 is 0 Å². The van der Waals surface area contributed by atoms with Crippen molar-refractivity contribution in [3.05, 3.63) is 63.9 Å². The molecule has 0 atom stereocenters. The van der Waals surface area contributed by atoms with Crippen LogP contribution in [0.1, 0.15) is 11.1 Å². The van der Waals surface area contributed by atoms with Gasteiger partial charge in [-0.3, -0.25) is 0 Å². The number of nitrogens with zero attached hydrogens (tertiary/aromatic N) is 2. The van der Waals surface area contributed by atoms with Crippen molar-refractivity contribution >= 4 is 26.0 Å². The summed E-state index contributed by atoms with van der Waals surface area (Å²) < 4.78 is 40.3. The molecular weight excluding hydrogens is 371 g/mol. The molecule has 0 unspecified atom stereocenters. The fourth-order valence-electron chi connectivity index (χ4n) is 1.92. The molecule has 0 aliphatic heterocycles. The fraction of sp³-hybridized carbons (Fsp3) is 0.133. The lowest BCUT2D eigenvalue weighted by atomic mass is 10.1. The third-order valence-corrected chi connectivity index (χ3v) is 5.35. The maximum absolute atomic E-state index is 13.8. The van der Waals surface area contributed by atoms with Crippen LogP contribution in [-0.4, -0.2) is 19.8 Å². The molecule has 22 heavy (non-hydrogen) atoms. The van der Waals surface area contributed by atoms with Crippen LogP contribution in [0.25, 0.3) is 0 Å². The summed E-state index contributed by atoms with van der Waals surface area (Å²) in [6, 6.07) is 12.4. The van der Waals surface area contributed by atoms with Crippen LogP contribution in [0, 0.1) is 17.1 Å². The molecule has 0 amide bonds. The Bertz CT molecular complexity index is 847. The lowest BCUT2D eigenvalue weighted by molar-refractivity contribution is 0.460. The minimum atomic E-state index is -3.96. The second-order valence-corrected chi connectivity index (χ2v) is 7.58. The van der Waals surface area contributed by atoms with Crippen molar-refractivity contribution < 1.29 is 12.8 Å². The Balaban J connectivity index is 2.33. The van der Waals surface area contributed by atoms with Gasteiger partial charge in [-0.25, -0.2) is 12.8 Å². The van der Waals surface area contributed by atoms with E-state index in [0.717, 1.165) is 10.4 Å². The van der Waals surface area contributed by atoms with Gasteiger partial charge >= 0.3 is 0 Å². The molecule has 2 aromatic carbocycles. The minimum absolute atomic E-state index is 0.0454. The van der Waals surface area contributed by atoms with Gasteiger partial charge in [0.2, 0.25) is 10.0 Å². The molecule has 0 saturated carbocycles. The highest BCUT2D eigenvalue weighted by Crippen LogP contribution is 2.23. The fourth-order valence-corrected chi connectivity index (χ4v) is 3.68. The summed E-state index contributed by atoms with van der Waals surface area (Å²) in [5.41, 5.74) is 1.09. The highest BCUT2D eigenvalue weighted by Gasteiger charge is 2.24. The van der Waals surface area contributed by atoms with Gasteiger partial charge in [0, 0.05) is 18.1 Å². The summed E-state index contributed by atoms with van der Waals surface area (Å²) in [5, 5.41) is 8.86. The first-order chi connectivity index (χ1) is 10.3. The van der Waals surface area contributed by atoms with Gasteiger partial charge in [-0.05, 0) is 35.9 Å². The summed E-state index contributed by atoms with van der Waals surface area (Å²) in [6.45, 7) is 0.0454. The van der Waals surface area contributed by atoms with Crippen molar-refractivity contribution in [1.82, 2.24) is 4.31 Å². The van der Waals surface area contributed by atoms with Gasteiger partial charge in [0.1, 0.15) is 10.7 Å². The number of hydrogen-bond donors (Lipinski definition) is 0. The SMILES string of the molecule is CN(Cc1cccc(C#N)c1)S(=O)(=O)c1cc(Br)ccc1F. The lowest BCUT2D eigenvalue weighted by Gasteiger charge is -2.18. The van der Waals surface area contributed by atoms with Crippen LogP contribution in [0.4, 0.5) is 4.39 Å². The summed E-state index contributed by atoms with van der Waals surface area (Å²) in [7, 11) is -2.59. The first-order valence-electron chi connectivity index (χ1n) is 6.25. The van der Waals surface area contributed by atoms with E-state index in [1.165, 1.54) is 19.2 Å². The van der Waals surface area contributed by atoms with Crippen LogP contribution < -0.4 is 0 Å². The predicted molar refractivity (Wildman–Crippen MR) is 83.9 cm³/mol. The van der Waals surface area contributed by atoms with Gasteiger partial charge in [-0.15, -0.1) is 0 Å². The van der Waals surface area contributed by atoms with E-state index < -0.39 is 15.8 Å². The predicted octanol–water partition coefficient (Wildman–Crippen LogP) is 3.28. The van der Waals surface area contributed by atoms with E-state index in [0.29, 0.717) is 15.6 Å². The van der Waals surface area contributed by atoms with Crippen LogP contribution in [0.15, 0.2) is 51.8 Å². The number of benzene rings is 2. The second-order valence-electron chi connectivity index (χ2n) is 4.65. The number of sulfonamides is 1. The largest absolute Gasteiger partial charge is 0.246 e. The Morgan fingerprint density at radius 1 is 1.27 bits per heavy atom. The number of hydrogen-bond acceptors (Lipinski definition) is 3. The first-order valence-corrected chi connectivity index (χ1v) is 8.48. The normalized spacial score (nSPS) is 11.4. The molecule has 2 rings (SSSR count). The molecule has 4 nitrogen and oxygen atoms in total. The molecule has 0 bridgehead atoms. The maximum atomic E-state index is 13.8. The van der Waals surface area contributed by atoms with E-state index in [1.54, 1.807) is 24.3 Å². The van der Waals surface area contributed by atoms with Gasteiger partial charge in [0.25, 0.3) is 0 Å². The molecule has 0 fully saturated rings. The molecule has 0 heterocycles. The van der Waals surface area contributed by atoms with Crippen molar-refractivity contribution in [1.29, 1.82) is 5.26 Å². The number of rotatable bonds is 4. The zero-order valence-electron chi connectivity index (χ0n) is 11.6. The summed E-state index contributed by atoms with van der Waals surface area (Å²) >= 11 is 3.14. The molecule has 0 radical (unpaired) electrons. The zero-order chi connectivity index (χ0) is 16.3. The average molecular weight is 383 g/mol. The molecule has 0 aliphatic carbocycles. The Morgan fingerprint density at radius 3 is 2.68 bits per heavy atom.